The van der Waals surface area contributed by atoms with E-state index in [1.165, 1.54) is 23.5 Å². The number of hydrogen-bond donors (Lipinski definition) is 1. The Hall–Kier alpha value is -3.13. The summed E-state index contributed by atoms with van der Waals surface area (Å²) in [5.74, 6) is -0.0376. The number of nitrogens with one attached hydrogen (secondary N) is 1. The van der Waals surface area contributed by atoms with Gasteiger partial charge in [-0.1, -0.05) is 28.6 Å². The van der Waals surface area contributed by atoms with E-state index in [2.05, 4.69) is 25.3 Å². The van der Waals surface area contributed by atoms with Crippen molar-refractivity contribution in [1.29, 1.82) is 0 Å². The van der Waals surface area contributed by atoms with Crippen LogP contribution in [0.2, 0.25) is 0 Å². The van der Waals surface area contributed by atoms with Gasteiger partial charge in [0.15, 0.2) is 26.8 Å². The molecule has 0 unspecified atom stereocenters. The number of anilines is 1. The standard InChI is InChI=1S/C26H31N5O6S2/c1-31(2)13-3-14-36-22-11-10-21-25(28-22)38-26(27-21)29-24(32)23(30-37-18-12-15-35-16-18)17-4-6-19(7-5-17)39(33,34)20-8-9-20/h4-7,10-11,18,20H,3,8-9,12-16H2,1-2H3,(H,27,29,32)/t18-/m1/s1. The molecule has 2 fully saturated rings. The molecule has 0 bridgehead atoms. The monoisotopic (exact) mass is 573 g/mol. The Morgan fingerprint density at radius 3 is 2.64 bits per heavy atom. The van der Waals surface area contributed by atoms with Gasteiger partial charge >= 0.3 is 0 Å². The molecule has 0 radical (unpaired) electrons. The second-order valence-electron chi connectivity index (χ2n) is 9.75. The van der Waals surface area contributed by atoms with Gasteiger partial charge in [-0.15, -0.1) is 0 Å². The molecule has 3 aromatic rings. The van der Waals surface area contributed by atoms with E-state index in [4.69, 9.17) is 14.3 Å². The number of rotatable bonds is 12. The zero-order valence-corrected chi connectivity index (χ0v) is 23.5. The van der Waals surface area contributed by atoms with Gasteiger partial charge in [0.25, 0.3) is 5.91 Å². The third kappa shape index (κ3) is 6.90. The number of fused-ring (bicyclic) bond motifs is 1. The lowest BCUT2D eigenvalue weighted by Crippen LogP contribution is -2.25. The minimum absolute atomic E-state index is 0.00870. The molecule has 11 nitrogen and oxygen atoms in total. The van der Waals surface area contributed by atoms with Gasteiger partial charge in [0, 0.05) is 24.6 Å². The number of amides is 1. The molecule has 1 aromatic carbocycles. The van der Waals surface area contributed by atoms with Gasteiger partial charge < -0.3 is 19.2 Å². The highest BCUT2D eigenvalue weighted by atomic mass is 32.2. The molecular formula is C26H31N5O6S2. The molecule has 3 heterocycles. The number of benzene rings is 1. The maximum Gasteiger partial charge on any atom is 0.280 e. The molecule has 208 valence electrons. The predicted octanol–water partition coefficient (Wildman–Crippen LogP) is 3.11. The Kier molecular flexibility index (Phi) is 8.40. The van der Waals surface area contributed by atoms with E-state index in [1.807, 2.05) is 14.1 Å². The van der Waals surface area contributed by atoms with Crippen LogP contribution >= 0.6 is 11.3 Å². The minimum Gasteiger partial charge on any atom is -0.478 e. The molecule has 13 heteroatoms. The first-order valence-electron chi connectivity index (χ1n) is 12.8. The number of aromatic nitrogens is 2. The molecule has 1 aliphatic carbocycles. The lowest BCUT2D eigenvalue weighted by molar-refractivity contribution is -0.110. The Labute approximate surface area is 231 Å². The second kappa shape index (κ2) is 11.9. The smallest absolute Gasteiger partial charge is 0.280 e. The van der Waals surface area contributed by atoms with Gasteiger partial charge in [-0.3, -0.25) is 10.1 Å². The molecule has 0 spiro atoms. The maximum absolute atomic E-state index is 13.3. The van der Waals surface area contributed by atoms with Crippen LogP contribution in [0.1, 0.15) is 31.2 Å². The largest absolute Gasteiger partial charge is 0.478 e. The molecule has 1 saturated carbocycles. The van der Waals surface area contributed by atoms with Crippen LogP contribution in [0.3, 0.4) is 0 Å². The molecule has 2 aliphatic rings. The number of nitrogens with zero attached hydrogens (tertiary/aromatic N) is 4. The Balaban J connectivity index is 1.32. The summed E-state index contributed by atoms with van der Waals surface area (Å²) in [7, 11) is 0.675. The molecule has 1 atom stereocenters. The Morgan fingerprint density at radius 2 is 1.95 bits per heavy atom. The first-order chi connectivity index (χ1) is 18.8. The number of carbonyl (C=O) groups is 1. The van der Waals surface area contributed by atoms with Crippen molar-refractivity contribution in [2.24, 2.45) is 5.16 Å². The number of carbonyl (C=O) groups excluding carboxylic acids is 1. The van der Waals surface area contributed by atoms with Crippen molar-refractivity contribution in [1.82, 2.24) is 14.9 Å². The zero-order chi connectivity index (χ0) is 27.4. The van der Waals surface area contributed by atoms with Crippen LogP contribution in [0.25, 0.3) is 10.3 Å². The van der Waals surface area contributed by atoms with Gasteiger partial charge in [0.2, 0.25) is 5.88 Å². The van der Waals surface area contributed by atoms with Crippen LogP contribution in [0.4, 0.5) is 5.13 Å². The van der Waals surface area contributed by atoms with E-state index in [1.54, 1.807) is 24.3 Å². The Morgan fingerprint density at radius 1 is 1.15 bits per heavy atom. The van der Waals surface area contributed by atoms with E-state index >= 15 is 0 Å². The summed E-state index contributed by atoms with van der Waals surface area (Å²) in [6, 6.07) is 9.71. The predicted molar refractivity (Wildman–Crippen MR) is 148 cm³/mol. The fourth-order valence-corrected chi connectivity index (χ4v) is 6.45. The fraction of sp³-hybridized carbons (Fsp3) is 0.462. The van der Waals surface area contributed by atoms with Gasteiger partial charge in [0.05, 0.1) is 30.0 Å². The van der Waals surface area contributed by atoms with Crippen molar-refractivity contribution >= 4 is 48.3 Å². The Bertz CT molecular complexity index is 1450. The highest BCUT2D eigenvalue weighted by Gasteiger charge is 2.36. The molecule has 2 aromatic heterocycles. The van der Waals surface area contributed by atoms with E-state index in [9.17, 15) is 13.2 Å². The summed E-state index contributed by atoms with van der Waals surface area (Å²) in [6.45, 7) is 2.42. The lowest BCUT2D eigenvalue weighted by Gasteiger charge is -2.10. The van der Waals surface area contributed by atoms with E-state index in [-0.39, 0.29) is 22.0 Å². The molecule has 39 heavy (non-hydrogen) atoms. The highest BCUT2D eigenvalue weighted by molar-refractivity contribution is 7.92. The topological polar surface area (TPSA) is 132 Å². The summed E-state index contributed by atoms with van der Waals surface area (Å²) < 4.78 is 36.3. The van der Waals surface area contributed by atoms with Crippen LogP contribution in [-0.4, -0.2) is 86.7 Å². The summed E-state index contributed by atoms with van der Waals surface area (Å²) in [6.07, 6.45) is 2.64. The van der Waals surface area contributed by atoms with Crippen molar-refractivity contribution in [3.8, 4) is 5.88 Å². The molecule has 1 aliphatic heterocycles. The maximum atomic E-state index is 13.3. The van der Waals surface area contributed by atoms with Crippen LogP contribution < -0.4 is 10.1 Å². The summed E-state index contributed by atoms with van der Waals surface area (Å²) in [4.78, 5) is 30.9. The summed E-state index contributed by atoms with van der Waals surface area (Å²) in [5.41, 5.74) is 1.06. The molecule has 5 rings (SSSR count). The van der Waals surface area contributed by atoms with Crippen LogP contribution in [-0.2, 0) is 24.2 Å². The average Bonchev–Trinajstić information content (AvgIpc) is 3.52. The van der Waals surface area contributed by atoms with Gasteiger partial charge in [0.1, 0.15) is 10.3 Å². The van der Waals surface area contributed by atoms with Crippen LogP contribution in [0.5, 0.6) is 5.88 Å². The number of pyridine rings is 1. The van der Waals surface area contributed by atoms with Crippen LogP contribution in [0.15, 0.2) is 46.4 Å². The van der Waals surface area contributed by atoms with E-state index in [0.29, 0.717) is 66.0 Å². The van der Waals surface area contributed by atoms with Crippen molar-refractivity contribution in [3.63, 3.8) is 0 Å². The SMILES string of the molecule is CN(C)CCCOc1ccc2nc(NC(=O)C(=NO[C@@H]3CCOC3)c3ccc(S(=O)(=O)C4CC4)cc3)sc2n1. The van der Waals surface area contributed by atoms with Crippen molar-refractivity contribution < 1.29 is 27.5 Å². The van der Waals surface area contributed by atoms with Crippen molar-refractivity contribution in [3.05, 3.63) is 42.0 Å². The number of oxime groups is 1. The third-order valence-electron chi connectivity index (χ3n) is 6.27. The molecular weight excluding hydrogens is 542 g/mol. The quantitative estimate of drug-likeness (QED) is 0.197. The number of ether oxygens (including phenoxy) is 2. The number of sulfone groups is 1. The van der Waals surface area contributed by atoms with E-state index < -0.39 is 15.7 Å². The van der Waals surface area contributed by atoms with Gasteiger partial charge in [-0.2, -0.15) is 0 Å². The molecule has 1 saturated heterocycles. The second-order valence-corrected chi connectivity index (χ2v) is 13.0. The van der Waals surface area contributed by atoms with Gasteiger partial charge in [-0.05, 0) is 51.6 Å². The van der Waals surface area contributed by atoms with Crippen molar-refractivity contribution in [2.75, 3.05) is 45.8 Å². The molecule has 1 N–H and O–H groups in total. The zero-order valence-electron chi connectivity index (χ0n) is 21.8. The van der Waals surface area contributed by atoms with Gasteiger partial charge in [-0.25, -0.2) is 18.4 Å². The number of hydrogen-bond acceptors (Lipinski definition) is 11. The lowest BCUT2D eigenvalue weighted by atomic mass is 10.1. The van der Waals surface area contributed by atoms with Crippen LogP contribution in [0, 0.1) is 0 Å². The summed E-state index contributed by atoms with van der Waals surface area (Å²) >= 11 is 1.22. The minimum atomic E-state index is -3.35. The van der Waals surface area contributed by atoms with Crippen molar-refractivity contribution in [2.45, 2.75) is 41.9 Å². The highest BCUT2D eigenvalue weighted by Crippen LogP contribution is 2.33. The average molecular weight is 574 g/mol. The number of thiazole rings is 1. The normalized spacial score (nSPS) is 18.0. The van der Waals surface area contributed by atoms with E-state index in [0.717, 1.165) is 13.0 Å². The summed E-state index contributed by atoms with van der Waals surface area (Å²) in [5, 5.41) is 6.96. The third-order valence-corrected chi connectivity index (χ3v) is 9.42. The fourth-order valence-electron chi connectivity index (χ4n) is 3.97. The first kappa shape index (κ1) is 27.4. The first-order valence-corrected chi connectivity index (χ1v) is 15.2. The molecule has 1 amide bonds.